The third-order valence-electron chi connectivity index (χ3n) is 4.50. The molecule has 0 N–H and O–H groups in total. The second-order valence-corrected chi connectivity index (χ2v) is 5.75. The summed E-state index contributed by atoms with van der Waals surface area (Å²) < 4.78 is 0. The molecule has 0 saturated heterocycles. The van der Waals surface area contributed by atoms with E-state index in [2.05, 4.69) is 38.1 Å². The van der Waals surface area contributed by atoms with E-state index < -0.39 is 0 Å². The lowest BCUT2D eigenvalue weighted by atomic mass is 9.85. The lowest BCUT2D eigenvalue weighted by molar-refractivity contribution is 0.481. The Morgan fingerprint density at radius 3 is 2.76 bits per heavy atom. The van der Waals surface area contributed by atoms with Gasteiger partial charge < -0.3 is 0 Å². The van der Waals surface area contributed by atoms with Gasteiger partial charge in [0.25, 0.3) is 0 Å². The van der Waals surface area contributed by atoms with Crippen molar-refractivity contribution in [1.82, 2.24) is 0 Å². The van der Waals surface area contributed by atoms with Crippen LogP contribution in [-0.4, -0.2) is 0 Å². The van der Waals surface area contributed by atoms with Crippen LogP contribution < -0.4 is 0 Å². The zero-order valence-corrected chi connectivity index (χ0v) is 11.0. The fourth-order valence-electron chi connectivity index (χ4n) is 3.54. The molecule has 0 amide bonds. The zero-order chi connectivity index (χ0) is 11.8. The van der Waals surface area contributed by atoms with Gasteiger partial charge in [0, 0.05) is 5.92 Å². The standard InChI is InChI=1S/C17H22/c1-3-5-12(2)16-9-8-15-10-13-6-4-7-14(13)11-17(15)16/h8-12,16H,3-7H2,1-2H3. The molecular weight excluding hydrogens is 204 g/mol. The molecule has 0 spiro atoms. The molecule has 2 aliphatic rings. The van der Waals surface area contributed by atoms with Gasteiger partial charge in [-0.1, -0.05) is 51.0 Å². The molecule has 17 heavy (non-hydrogen) atoms. The monoisotopic (exact) mass is 226 g/mol. The minimum Gasteiger partial charge on any atom is -0.0761 e. The maximum atomic E-state index is 2.51. The van der Waals surface area contributed by atoms with Crippen molar-refractivity contribution in [3.63, 3.8) is 0 Å². The first-order valence-corrected chi connectivity index (χ1v) is 7.13. The molecule has 2 aliphatic carbocycles. The average molecular weight is 226 g/mol. The van der Waals surface area contributed by atoms with Crippen LogP contribution in [-0.2, 0) is 12.8 Å². The van der Waals surface area contributed by atoms with Gasteiger partial charge in [-0.25, -0.2) is 0 Å². The fraction of sp³-hybridized carbons (Fsp3) is 0.529. The molecule has 2 atom stereocenters. The van der Waals surface area contributed by atoms with Crippen molar-refractivity contribution in [2.45, 2.75) is 51.9 Å². The molecule has 3 rings (SSSR count). The number of hydrogen-bond acceptors (Lipinski definition) is 0. The fourth-order valence-corrected chi connectivity index (χ4v) is 3.54. The van der Waals surface area contributed by atoms with Crippen LogP contribution in [0.3, 0.4) is 0 Å². The van der Waals surface area contributed by atoms with Crippen molar-refractivity contribution >= 4 is 6.08 Å². The van der Waals surface area contributed by atoms with Gasteiger partial charge in [-0.05, 0) is 47.4 Å². The number of fused-ring (bicyclic) bond motifs is 2. The van der Waals surface area contributed by atoms with Gasteiger partial charge in [0.2, 0.25) is 0 Å². The van der Waals surface area contributed by atoms with E-state index in [4.69, 9.17) is 0 Å². The van der Waals surface area contributed by atoms with Crippen molar-refractivity contribution in [3.05, 3.63) is 40.5 Å². The van der Waals surface area contributed by atoms with E-state index in [1.165, 1.54) is 37.7 Å². The molecule has 90 valence electrons. The van der Waals surface area contributed by atoms with Crippen LogP contribution in [0.2, 0.25) is 0 Å². The van der Waals surface area contributed by atoms with Crippen LogP contribution in [0.1, 0.15) is 61.3 Å². The van der Waals surface area contributed by atoms with Crippen molar-refractivity contribution in [1.29, 1.82) is 0 Å². The molecule has 2 unspecified atom stereocenters. The Balaban J connectivity index is 1.94. The van der Waals surface area contributed by atoms with Crippen molar-refractivity contribution in [2.24, 2.45) is 5.92 Å². The van der Waals surface area contributed by atoms with E-state index in [1.54, 1.807) is 16.7 Å². The molecule has 0 aliphatic heterocycles. The minimum atomic E-state index is 0.677. The highest BCUT2D eigenvalue weighted by Crippen LogP contribution is 2.40. The molecule has 0 radical (unpaired) electrons. The van der Waals surface area contributed by atoms with E-state index in [0.717, 1.165) is 5.92 Å². The first-order valence-electron chi connectivity index (χ1n) is 7.13. The van der Waals surface area contributed by atoms with E-state index in [-0.39, 0.29) is 0 Å². The third kappa shape index (κ3) is 1.84. The van der Waals surface area contributed by atoms with E-state index >= 15 is 0 Å². The summed E-state index contributed by atoms with van der Waals surface area (Å²) in [5, 5.41) is 0. The van der Waals surface area contributed by atoms with Gasteiger partial charge in [0.05, 0.1) is 0 Å². The molecule has 1 aromatic carbocycles. The van der Waals surface area contributed by atoms with E-state index in [9.17, 15) is 0 Å². The largest absolute Gasteiger partial charge is 0.0761 e. The molecule has 0 heterocycles. The van der Waals surface area contributed by atoms with Gasteiger partial charge in [0.15, 0.2) is 0 Å². The van der Waals surface area contributed by atoms with Crippen molar-refractivity contribution in [3.8, 4) is 0 Å². The van der Waals surface area contributed by atoms with Gasteiger partial charge in [-0.15, -0.1) is 0 Å². The van der Waals surface area contributed by atoms with Gasteiger partial charge in [-0.3, -0.25) is 0 Å². The molecule has 1 aromatic rings. The summed E-state index contributed by atoms with van der Waals surface area (Å²) in [7, 11) is 0. The molecule has 0 nitrogen and oxygen atoms in total. The number of hydrogen-bond donors (Lipinski definition) is 0. The minimum absolute atomic E-state index is 0.677. The van der Waals surface area contributed by atoms with Gasteiger partial charge >= 0.3 is 0 Å². The summed E-state index contributed by atoms with van der Waals surface area (Å²) in [6, 6.07) is 4.96. The highest BCUT2D eigenvalue weighted by Gasteiger charge is 2.24. The summed E-state index contributed by atoms with van der Waals surface area (Å²) in [4.78, 5) is 0. The lowest BCUT2D eigenvalue weighted by Crippen LogP contribution is -2.06. The van der Waals surface area contributed by atoms with E-state index in [1.807, 2.05) is 0 Å². The molecule has 0 aromatic heterocycles. The van der Waals surface area contributed by atoms with Crippen LogP contribution in [0.4, 0.5) is 0 Å². The Labute approximate surface area is 105 Å². The molecule has 0 bridgehead atoms. The molecule has 0 saturated carbocycles. The van der Waals surface area contributed by atoms with E-state index in [0.29, 0.717) is 5.92 Å². The first-order chi connectivity index (χ1) is 8.29. The second kappa shape index (κ2) is 4.33. The summed E-state index contributed by atoms with van der Waals surface area (Å²) in [5.74, 6) is 1.47. The summed E-state index contributed by atoms with van der Waals surface area (Å²) in [6.07, 6.45) is 11.4. The summed E-state index contributed by atoms with van der Waals surface area (Å²) in [5.41, 5.74) is 6.34. The van der Waals surface area contributed by atoms with Crippen LogP contribution in [0.15, 0.2) is 18.2 Å². The quantitative estimate of drug-likeness (QED) is 0.699. The smallest absolute Gasteiger partial charge is 0.00529 e. The topological polar surface area (TPSA) is 0 Å². The van der Waals surface area contributed by atoms with Crippen LogP contribution >= 0.6 is 0 Å². The maximum Gasteiger partial charge on any atom is 0.00529 e. The van der Waals surface area contributed by atoms with Crippen LogP contribution in [0, 0.1) is 5.92 Å². The summed E-state index contributed by atoms with van der Waals surface area (Å²) in [6.45, 7) is 4.69. The molecule has 0 fully saturated rings. The van der Waals surface area contributed by atoms with Crippen molar-refractivity contribution < 1.29 is 0 Å². The maximum absolute atomic E-state index is 2.51. The first kappa shape index (κ1) is 11.1. The average Bonchev–Trinajstić information content (AvgIpc) is 2.91. The normalized spacial score (nSPS) is 22.6. The SMILES string of the molecule is CCCC(C)C1C=Cc2cc3c(cc21)CCC3. The van der Waals surface area contributed by atoms with Crippen LogP contribution in [0.5, 0.6) is 0 Å². The molecule has 0 heteroatoms. The number of benzene rings is 1. The van der Waals surface area contributed by atoms with Crippen LogP contribution in [0.25, 0.3) is 6.08 Å². The Bertz CT molecular complexity index is 453. The van der Waals surface area contributed by atoms with Gasteiger partial charge in [-0.2, -0.15) is 0 Å². The van der Waals surface area contributed by atoms with Crippen molar-refractivity contribution in [2.75, 3.05) is 0 Å². The highest BCUT2D eigenvalue weighted by atomic mass is 14.3. The predicted molar refractivity (Wildman–Crippen MR) is 74.3 cm³/mol. The second-order valence-electron chi connectivity index (χ2n) is 5.75. The molecular formula is C17H22. The highest BCUT2D eigenvalue weighted by molar-refractivity contribution is 5.65. The number of aryl methyl sites for hydroxylation is 2. The number of rotatable bonds is 3. The number of allylic oxidation sites excluding steroid dienone is 1. The lowest BCUT2D eigenvalue weighted by Gasteiger charge is -2.19. The van der Waals surface area contributed by atoms with Gasteiger partial charge in [0.1, 0.15) is 0 Å². The third-order valence-corrected chi connectivity index (χ3v) is 4.50. The Hall–Kier alpha value is -1.04. The predicted octanol–water partition coefficient (Wildman–Crippen LogP) is 4.72. The Kier molecular flexibility index (Phi) is 2.82. The Morgan fingerprint density at radius 2 is 2.00 bits per heavy atom. The zero-order valence-electron chi connectivity index (χ0n) is 11.0. The summed E-state index contributed by atoms with van der Waals surface area (Å²) >= 11 is 0. The Morgan fingerprint density at radius 1 is 1.24 bits per heavy atom.